The number of rotatable bonds is 13. The molecule has 1 saturated heterocycles. The Morgan fingerprint density at radius 3 is 2.39 bits per heavy atom. The minimum atomic E-state index is -1.54. The molecule has 0 saturated carbocycles. The van der Waals surface area contributed by atoms with Crippen LogP contribution >= 0.6 is 0 Å². The second kappa shape index (κ2) is 13.4. The van der Waals surface area contributed by atoms with Crippen molar-refractivity contribution in [3.63, 3.8) is 0 Å². The van der Waals surface area contributed by atoms with Crippen molar-refractivity contribution in [1.82, 2.24) is 5.32 Å². The highest BCUT2D eigenvalue weighted by atomic mass is 16.7. The third-order valence-corrected chi connectivity index (χ3v) is 4.93. The van der Waals surface area contributed by atoms with Crippen molar-refractivity contribution in [2.45, 2.75) is 102 Å². The summed E-state index contributed by atoms with van der Waals surface area (Å²) in [6.07, 6.45) is -2.31. The van der Waals surface area contributed by atoms with Crippen molar-refractivity contribution < 1.29 is 39.8 Å². The highest BCUT2D eigenvalue weighted by molar-refractivity contribution is 5.76. The maximum absolute atomic E-state index is 12.0. The molecule has 1 aliphatic heterocycles. The Balaban J connectivity index is 2.66. The van der Waals surface area contributed by atoms with Gasteiger partial charge in [-0.1, -0.05) is 39.5 Å². The molecule has 6 N–H and O–H groups in total. The van der Waals surface area contributed by atoms with Crippen LogP contribution in [0.25, 0.3) is 0 Å². The third kappa shape index (κ3) is 7.90. The maximum atomic E-state index is 12.0. The second-order valence-corrected chi connectivity index (χ2v) is 7.37. The van der Waals surface area contributed by atoms with E-state index in [0.717, 1.165) is 25.7 Å². The molecule has 0 aliphatic carbocycles. The molecule has 1 aliphatic rings. The van der Waals surface area contributed by atoms with Crippen LogP contribution in [0.1, 0.15) is 58.8 Å². The fourth-order valence-electron chi connectivity index (χ4n) is 3.14. The highest BCUT2D eigenvalue weighted by Crippen LogP contribution is 2.22. The molecule has 0 aromatic heterocycles. The van der Waals surface area contributed by atoms with Gasteiger partial charge in [0.05, 0.1) is 25.4 Å². The monoisotopic (exact) mass is 407 g/mol. The molecule has 7 atom stereocenters. The smallest absolute Gasteiger partial charge is 0.220 e. The molecule has 0 aromatic carbocycles. The number of unbranched alkanes of at least 4 members (excludes halogenated alkanes) is 3. The van der Waals surface area contributed by atoms with Gasteiger partial charge in [-0.2, -0.15) is 0 Å². The molecular weight excluding hydrogens is 370 g/mol. The summed E-state index contributed by atoms with van der Waals surface area (Å²) in [5.41, 5.74) is 0. The van der Waals surface area contributed by atoms with Crippen LogP contribution < -0.4 is 5.32 Å². The molecule has 1 fully saturated rings. The fourth-order valence-corrected chi connectivity index (χ4v) is 3.14. The molecule has 0 aromatic rings. The van der Waals surface area contributed by atoms with Gasteiger partial charge in [0.25, 0.3) is 0 Å². The minimum absolute atomic E-state index is 0.146. The number of hydrogen-bond acceptors (Lipinski definition) is 8. The Hall–Kier alpha value is -0.810. The number of ether oxygens (including phenoxy) is 2. The van der Waals surface area contributed by atoms with Gasteiger partial charge in [0.2, 0.25) is 5.91 Å². The number of nitrogens with one attached hydrogen (secondary N) is 1. The van der Waals surface area contributed by atoms with Crippen LogP contribution in [0.4, 0.5) is 0 Å². The van der Waals surface area contributed by atoms with Crippen LogP contribution in [0.3, 0.4) is 0 Å². The molecule has 9 heteroatoms. The van der Waals surface area contributed by atoms with Gasteiger partial charge in [-0.05, 0) is 12.8 Å². The quantitative estimate of drug-likeness (QED) is 0.222. The van der Waals surface area contributed by atoms with E-state index in [1.54, 1.807) is 0 Å². The fraction of sp³-hybridized carbons (Fsp3) is 0.947. The van der Waals surface area contributed by atoms with Gasteiger partial charge in [0, 0.05) is 6.42 Å². The summed E-state index contributed by atoms with van der Waals surface area (Å²) in [4.78, 5) is 12.0. The van der Waals surface area contributed by atoms with Crippen molar-refractivity contribution in [1.29, 1.82) is 0 Å². The van der Waals surface area contributed by atoms with Crippen molar-refractivity contribution >= 4 is 5.91 Å². The zero-order chi connectivity index (χ0) is 21.1. The average Bonchev–Trinajstić information content (AvgIpc) is 2.68. The number of aliphatic hydroxyl groups excluding tert-OH is 5. The first-order valence-electron chi connectivity index (χ1n) is 10.2. The van der Waals surface area contributed by atoms with E-state index in [-0.39, 0.29) is 12.5 Å². The molecule has 0 radical (unpaired) electrons. The van der Waals surface area contributed by atoms with Crippen LogP contribution in [0.15, 0.2) is 0 Å². The van der Waals surface area contributed by atoms with Gasteiger partial charge in [0.15, 0.2) is 6.29 Å². The molecule has 9 nitrogen and oxygen atoms in total. The molecule has 1 rings (SSSR count). The van der Waals surface area contributed by atoms with E-state index in [2.05, 4.69) is 12.2 Å². The van der Waals surface area contributed by atoms with Crippen molar-refractivity contribution in [3.05, 3.63) is 0 Å². The standard InChI is InChI=1S/C19H37NO8/c1-3-5-6-7-9-13(22)12(20-15(23)8-4-2)11-27-19-18(26)17(25)16(24)14(10-21)28-19/h12-14,16-19,21-22,24-26H,3-11H2,1-2H3,(H,20,23). The molecule has 28 heavy (non-hydrogen) atoms. The Labute approximate surface area is 166 Å². The average molecular weight is 408 g/mol. The van der Waals surface area contributed by atoms with Gasteiger partial charge in [0.1, 0.15) is 24.4 Å². The molecule has 1 amide bonds. The largest absolute Gasteiger partial charge is 0.394 e. The summed E-state index contributed by atoms with van der Waals surface area (Å²) in [5, 5.41) is 52.2. The Bertz CT molecular complexity index is 436. The minimum Gasteiger partial charge on any atom is -0.394 e. The molecule has 0 spiro atoms. The lowest BCUT2D eigenvalue weighted by Gasteiger charge is -2.40. The van der Waals surface area contributed by atoms with E-state index in [1.165, 1.54) is 0 Å². The summed E-state index contributed by atoms with van der Waals surface area (Å²) in [7, 11) is 0. The van der Waals surface area contributed by atoms with Gasteiger partial charge >= 0.3 is 0 Å². The summed E-state index contributed by atoms with van der Waals surface area (Å²) in [6.45, 7) is 3.27. The lowest BCUT2D eigenvalue weighted by Crippen LogP contribution is -2.60. The number of hydrogen-bond donors (Lipinski definition) is 6. The summed E-state index contributed by atoms with van der Waals surface area (Å²) < 4.78 is 10.8. The van der Waals surface area contributed by atoms with E-state index in [0.29, 0.717) is 19.3 Å². The number of aliphatic hydroxyl groups is 5. The predicted octanol–water partition coefficient (Wildman–Crippen LogP) is -0.581. The second-order valence-electron chi connectivity index (χ2n) is 7.37. The number of amides is 1. The zero-order valence-corrected chi connectivity index (χ0v) is 16.9. The highest BCUT2D eigenvalue weighted by Gasteiger charge is 2.44. The molecule has 1 heterocycles. The van der Waals surface area contributed by atoms with Crippen molar-refractivity contribution in [3.8, 4) is 0 Å². The van der Waals surface area contributed by atoms with Crippen molar-refractivity contribution in [2.75, 3.05) is 13.2 Å². The van der Waals surface area contributed by atoms with E-state index in [9.17, 15) is 30.3 Å². The zero-order valence-electron chi connectivity index (χ0n) is 16.9. The molecular formula is C19H37NO8. The van der Waals surface area contributed by atoms with Crippen LogP contribution in [0, 0.1) is 0 Å². The summed E-state index contributed by atoms with van der Waals surface area (Å²) in [6, 6.07) is -0.701. The van der Waals surface area contributed by atoms with E-state index >= 15 is 0 Å². The van der Waals surface area contributed by atoms with Crippen LogP contribution in [0.2, 0.25) is 0 Å². The Morgan fingerprint density at radius 1 is 1.07 bits per heavy atom. The summed E-state index contributed by atoms with van der Waals surface area (Å²) in [5.74, 6) is -0.211. The van der Waals surface area contributed by atoms with Crippen LogP contribution in [0.5, 0.6) is 0 Å². The van der Waals surface area contributed by atoms with E-state index in [1.807, 2.05) is 6.92 Å². The van der Waals surface area contributed by atoms with E-state index < -0.39 is 49.5 Å². The van der Waals surface area contributed by atoms with Gasteiger partial charge in [-0.3, -0.25) is 4.79 Å². The predicted molar refractivity (Wildman–Crippen MR) is 101 cm³/mol. The normalized spacial score (nSPS) is 30.0. The molecule has 166 valence electrons. The number of carbonyl (C=O) groups is 1. The Morgan fingerprint density at radius 2 is 1.79 bits per heavy atom. The lowest BCUT2D eigenvalue weighted by atomic mass is 9.99. The van der Waals surface area contributed by atoms with E-state index in [4.69, 9.17) is 9.47 Å². The topological polar surface area (TPSA) is 149 Å². The first-order chi connectivity index (χ1) is 13.3. The molecule has 7 unspecified atom stereocenters. The lowest BCUT2D eigenvalue weighted by molar-refractivity contribution is -0.302. The maximum Gasteiger partial charge on any atom is 0.220 e. The first kappa shape index (κ1) is 25.2. The Kier molecular flexibility index (Phi) is 12.1. The number of carbonyl (C=O) groups excluding carboxylic acids is 1. The first-order valence-corrected chi connectivity index (χ1v) is 10.2. The van der Waals surface area contributed by atoms with Gasteiger partial charge in [-0.15, -0.1) is 0 Å². The van der Waals surface area contributed by atoms with Gasteiger partial charge in [-0.25, -0.2) is 0 Å². The SMILES string of the molecule is CCCCCCC(O)C(COC1OC(CO)C(O)C(O)C1O)NC(=O)CCC. The van der Waals surface area contributed by atoms with Crippen LogP contribution in [-0.2, 0) is 14.3 Å². The van der Waals surface area contributed by atoms with Crippen molar-refractivity contribution in [2.24, 2.45) is 0 Å². The third-order valence-electron chi connectivity index (χ3n) is 4.93. The van der Waals surface area contributed by atoms with Crippen LogP contribution in [-0.4, -0.2) is 87.5 Å². The summed E-state index contributed by atoms with van der Waals surface area (Å²) >= 11 is 0. The molecule has 0 bridgehead atoms. The van der Waals surface area contributed by atoms with Gasteiger partial charge < -0.3 is 40.3 Å².